The summed E-state index contributed by atoms with van der Waals surface area (Å²) in [7, 11) is 0. The molecule has 0 unspecified atom stereocenters. The van der Waals surface area contributed by atoms with Crippen LogP contribution in [-0.4, -0.2) is 47.5 Å². The Balaban J connectivity index is 1.90. The first-order valence-electron chi connectivity index (χ1n) is 6.15. The molecule has 0 aliphatic carbocycles. The van der Waals surface area contributed by atoms with Gasteiger partial charge in [-0.05, 0) is 16.0 Å². The Morgan fingerprint density at radius 1 is 1.37 bits per heavy atom. The van der Waals surface area contributed by atoms with E-state index in [0.29, 0.717) is 6.42 Å². The molecule has 1 aliphatic rings. The zero-order valence-corrected chi connectivity index (χ0v) is 10.5. The van der Waals surface area contributed by atoms with Crippen molar-refractivity contribution >= 4 is 11.5 Å². The summed E-state index contributed by atoms with van der Waals surface area (Å²) in [4.78, 5) is 18.3. The van der Waals surface area contributed by atoms with Crippen LogP contribution in [0.15, 0.2) is 18.3 Å². The summed E-state index contributed by atoms with van der Waals surface area (Å²) < 4.78 is 0. The Morgan fingerprint density at radius 2 is 2.11 bits per heavy atom. The van der Waals surface area contributed by atoms with Crippen LogP contribution >= 0.6 is 0 Å². The van der Waals surface area contributed by atoms with Crippen LogP contribution in [0.2, 0.25) is 0 Å². The largest absolute Gasteiger partial charge is 0.366 e. The molecule has 0 bridgehead atoms. The van der Waals surface area contributed by atoms with E-state index in [2.05, 4.69) is 20.9 Å². The molecule has 7 nitrogen and oxygen atoms in total. The molecule has 1 aromatic heterocycles. The molecule has 0 spiro atoms. The van der Waals surface area contributed by atoms with Crippen LogP contribution in [0.5, 0.6) is 0 Å². The second-order valence-corrected chi connectivity index (χ2v) is 4.37. The molecule has 1 fully saturated rings. The molecule has 100 valence electrons. The van der Waals surface area contributed by atoms with Crippen molar-refractivity contribution in [3.63, 3.8) is 0 Å². The number of aromatic nitrogens is 1. The van der Waals surface area contributed by atoms with E-state index in [9.17, 15) is 10.1 Å². The molecule has 0 N–H and O–H groups in total. The first-order valence-corrected chi connectivity index (χ1v) is 6.15. The van der Waals surface area contributed by atoms with Gasteiger partial charge in [-0.15, -0.1) is 0 Å². The van der Waals surface area contributed by atoms with Crippen molar-refractivity contribution in [2.75, 3.05) is 37.6 Å². The molecular weight excluding hydrogens is 246 g/mol. The Labute approximate surface area is 111 Å². The minimum absolute atomic E-state index is 0.128. The Morgan fingerprint density at radius 3 is 2.63 bits per heavy atom. The number of nitriles is 1. The summed E-state index contributed by atoms with van der Waals surface area (Å²) in [6.45, 7) is 4.32. The second kappa shape index (κ2) is 6.11. The molecule has 0 saturated carbocycles. The molecule has 0 aromatic carbocycles. The van der Waals surface area contributed by atoms with E-state index < -0.39 is 4.92 Å². The van der Waals surface area contributed by atoms with E-state index in [-0.39, 0.29) is 5.82 Å². The molecule has 1 saturated heterocycles. The maximum atomic E-state index is 10.5. The van der Waals surface area contributed by atoms with Crippen molar-refractivity contribution in [3.05, 3.63) is 28.4 Å². The van der Waals surface area contributed by atoms with Gasteiger partial charge in [0.1, 0.15) is 0 Å². The topological polar surface area (TPSA) is 86.3 Å². The van der Waals surface area contributed by atoms with E-state index in [4.69, 9.17) is 5.26 Å². The highest BCUT2D eigenvalue weighted by Gasteiger charge is 2.18. The molecule has 1 aromatic rings. The molecule has 0 amide bonds. The van der Waals surface area contributed by atoms with E-state index in [1.807, 2.05) is 0 Å². The summed E-state index contributed by atoms with van der Waals surface area (Å²) in [5, 5.41) is 19.1. The van der Waals surface area contributed by atoms with E-state index in [0.717, 1.165) is 38.4 Å². The van der Waals surface area contributed by atoms with Crippen molar-refractivity contribution in [1.29, 1.82) is 5.26 Å². The highest BCUT2D eigenvalue weighted by molar-refractivity contribution is 5.46. The summed E-state index contributed by atoms with van der Waals surface area (Å²) >= 11 is 0. The quantitative estimate of drug-likeness (QED) is 0.594. The van der Waals surface area contributed by atoms with Gasteiger partial charge in [-0.2, -0.15) is 5.26 Å². The van der Waals surface area contributed by atoms with Gasteiger partial charge in [0, 0.05) is 45.2 Å². The van der Waals surface area contributed by atoms with Crippen molar-refractivity contribution in [3.8, 4) is 6.07 Å². The fourth-order valence-corrected chi connectivity index (χ4v) is 2.11. The van der Waals surface area contributed by atoms with Crippen LogP contribution in [-0.2, 0) is 0 Å². The summed E-state index contributed by atoms with van der Waals surface area (Å²) in [5.74, 6) is -0.128. The molecule has 0 atom stereocenters. The number of rotatable bonds is 4. The van der Waals surface area contributed by atoms with Crippen molar-refractivity contribution in [2.45, 2.75) is 6.42 Å². The lowest BCUT2D eigenvalue weighted by Crippen LogP contribution is -2.46. The Kier molecular flexibility index (Phi) is 4.26. The normalized spacial score (nSPS) is 16.1. The Bertz CT molecular complexity index is 474. The molecule has 2 heterocycles. The first kappa shape index (κ1) is 13.2. The monoisotopic (exact) mass is 261 g/mol. The number of nitrogens with zero attached hydrogens (tertiary/aromatic N) is 5. The van der Waals surface area contributed by atoms with Crippen molar-refractivity contribution < 1.29 is 4.92 Å². The Hall–Kier alpha value is -2.20. The molecular formula is C12H15N5O2. The highest BCUT2D eigenvalue weighted by Crippen LogP contribution is 2.18. The van der Waals surface area contributed by atoms with E-state index in [1.165, 1.54) is 6.07 Å². The van der Waals surface area contributed by atoms with Crippen LogP contribution in [0.1, 0.15) is 6.42 Å². The van der Waals surface area contributed by atoms with Crippen LogP contribution < -0.4 is 4.90 Å². The lowest BCUT2D eigenvalue weighted by molar-refractivity contribution is -0.389. The third-order valence-corrected chi connectivity index (χ3v) is 3.20. The maximum absolute atomic E-state index is 10.5. The standard InChI is InChI=1S/C12H15N5O2/c13-4-1-5-15-6-8-16(9-7-15)11-2-3-12(14-10-11)17(18)19/h2-3,10H,1,5-9H2. The van der Waals surface area contributed by atoms with Crippen molar-refractivity contribution in [2.24, 2.45) is 0 Å². The van der Waals surface area contributed by atoms with Crippen LogP contribution in [0.4, 0.5) is 11.5 Å². The molecule has 7 heteroatoms. The van der Waals surface area contributed by atoms with Gasteiger partial charge in [-0.3, -0.25) is 4.90 Å². The smallest absolute Gasteiger partial charge is 0.363 e. The van der Waals surface area contributed by atoms with Gasteiger partial charge in [-0.1, -0.05) is 0 Å². The number of hydrogen-bond acceptors (Lipinski definition) is 6. The fourth-order valence-electron chi connectivity index (χ4n) is 2.11. The number of nitro groups is 1. The summed E-state index contributed by atoms with van der Waals surface area (Å²) in [6.07, 6.45) is 2.10. The van der Waals surface area contributed by atoms with Crippen molar-refractivity contribution in [1.82, 2.24) is 9.88 Å². The predicted octanol–water partition coefficient (Wildman–Crippen LogP) is 1.03. The average molecular weight is 261 g/mol. The number of piperazine rings is 1. The van der Waals surface area contributed by atoms with Gasteiger partial charge in [0.05, 0.1) is 11.8 Å². The third kappa shape index (κ3) is 3.39. The average Bonchev–Trinajstić information content (AvgIpc) is 2.46. The van der Waals surface area contributed by atoms with Gasteiger partial charge in [0.2, 0.25) is 0 Å². The minimum atomic E-state index is -0.496. The minimum Gasteiger partial charge on any atom is -0.366 e. The zero-order valence-electron chi connectivity index (χ0n) is 10.5. The number of pyridine rings is 1. The highest BCUT2D eigenvalue weighted by atomic mass is 16.6. The lowest BCUT2D eigenvalue weighted by Gasteiger charge is -2.35. The molecule has 0 radical (unpaired) electrons. The van der Waals surface area contributed by atoms with Gasteiger partial charge < -0.3 is 15.0 Å². The summed E-state index contributed by atoms with van der Waals surface area (Å²) in [5.41, 5.74) is 0.908. The number of hydrogen-bond donors (Lipinski definition) is 0. The van der Waals surface area contributed by atoms with E-state index >= 15 is 0 Å². The lowest BCUT2D eigenvalue weighted by atomic mass is 10.2. The molecule has 2 rings (SSSR count). The maximum Gasteiger partial charge on any atom is 0.363 e. The zero-order chi connectivity index (χ0) is 13.7. The fraction of sp³-hybridized carbons (Fsp3) is 0.500. The van der Waals surface area contributed by atoms with Crippen LogP contribution in [0.3, 0.4) is 0 Å². The molecule has 1 aliphatic heterocycles. The molecule has 19 heavy (non-hydrogen) atoms. The van der Waals surface area contributed by atoms with Gasteiger partial charge in [-0.25, -0.2) is 0 Å². The van der Waals surface area contributed by atoms with Gasteiger partial charge in [0.25, 0.3) is 0 Å². The first-order chi connectivity index (χ1) is 9.20. The van der Waals surface area contributed by atoms with Gasteiger partial charge >= 0.3 is 5.82 Å². The number of anilines is 1. The predicted molar refractivity (Wildman–Crippen MR) is 69.8 cm³/mol. The second-order valence-electron chi connectivity index (χ2n) is 4.37. The SMILES string of the molecule is N#CCCN1CCN(c2ccc([N+](=O)[O-])nc2)CC1. The third-order valence-electron chi connectivity index (χ3n) is 3.20. The van der Waals surface area contributed by atoms with E-state index in [1.54, 1.807) is 12.3 Å². The van der Waals surface area contributed by atoms with Crippen LogP contribution in [0.25, 0.3) is 0 Å². The van der Waals surface area contributed by atoms with Gasteiger partial charge in [0.15, 0.2) is 6.20 Å². The van der Waals surface area contributed by atoms with Crippen LogP contribution in [0, 0.1) is 21.4 Å². The summed E-state index contributed by atoms with van der Waals surface area (Å²) in [6, 6.07) is 5.31.